The second kappa shape index (κ2) is 15.5. The number of halogens is 6. The molecular weight excluding hydrogens is 695 g/mol. The van der Waals surface area contributed by atoms with E-state index in [-0.39, 0.29) is 61.1 Å². The molecule has 5 heterocycles. The Morgan fingerprint density at radius 2 is 1.96 bits per heavy atom. The van der Waals surface area contributed by atoms with Crippen molar-refractivity contribution in [1.82, 2.24) is 24.7 Å². The minimum Gasteiger partial charge on any atom is -0.462 e. The predicted octanol–water partition coefficient (Wildman–Crippen LogP) is 5.40. The van der Waals surface area contributed by atoms with Crippen LogP contribution in [0.25, 0.3) is 0 Å². The van der Waals surface area contributed by atoms with Gasteiger partial charge in [-0.2, -0.15) is 28.4 Å². The topological polar surface area (TPSA) is 92.1 Å². The van der Waals surface area contributed by atoms with Gasteiger partial charge in [0.15, 0.2) is 0 Å². The van der Waals surface area contributed by atoms with Crippen LogP contribution in [0.15, 0.2) is 30.4 Å². The van der Waals surface area contributed by atoms with E-state index in [0.717, 1.165) is 24.9 Å². The standard InChI is InChI=1S/C35H42ClF5N8O2/c1-45-14-5-6-25(45)22-51-33-43-28-21-47(29-8-4-7-27(36)31(29)35(39,40)41)16-11-26(28)32(44-33)48-18-19-49(24(20-48)10-13-42)30(50)9-2-3-15-46-17-12-34(37,38)23-46/h2,4,7-9,24-25H,3,5-6,10-12,14-23H2,1H3/b9-2+/t24-,25-/m0/s1. The zero-order valence-electron chi connectivity index (χ0n) is 28.5. The number of alkyl halides is 5. The number of nitriles is 1. The molecule has 2 aromatic rings. The van der Waals surface area contributed by atoms with Crippen LogP contribution in [0, 0.1) is 11.3 Å². The van der Waals surface area contributed by atoms with E-state index in [1.54, 1.807) is 20.8 Å². The molecule has 3 fully saturated rings. The summed E-state index contributed by atoms with van der Waals surface area (Å²) in [5, 5.41) is 9.31. The van der Waals surface area contributed by atoms with Crippen molar-refractivity contribution < 1.29 is 31.5 Å². The van der Waals surface area contributed by atoms with Crippen LogP contribution < -0.4 is 14.5 Å². The number of benzene rings is 1. The third-order valence-corrected chi connectivity index (χ3v) is 10.5. The summed E-state index contributed by atoms with van der Waals surface area (Å²) < 4.78 is 75.6. The Kier molecular flexibility index (Phi) is 11.2. The fraction of sp³-hybridized carbons (Fsp3) is 0.600. The molecule has 276 valence electrons. The Hall–Kier alpha value is -3.74. The van der Waals surface area contributed by atoms with Gasteiger partial charge in [0.25, 0.3) is 5.92 Å². The third kappa shape index (κ3) is 8.67. The number of nitrogens with zero attached hydrogens (tertiary/aromatic N) is 8. The van der Waals surface area contributed by atoms with Crippen molar-refractivity contribution in [1.29, 1.82) is 5.26 Å². The quantitative estimate of drug-likeness (QED) is 0.235. The van der Waals surface area contributed by atoms with Gasteiger partial charge in [-0.3, -0.25) is 9.69 Å². The van der Waals surface area contributed by atoms with Gasteiger partial charge in [0, 0.05) is 57.3 Å². The summed E-state index contributed by atoms with van der Waals surface area (Å²) in [7, 11) is 2.03. The fourth-order valence-electron chi connectivity index (χ4n) is 7.49. The summed E-state index contributed by atoms with van der Waals surface area (Å²) >= 11 is 6.06. The summed E-state index contributed by atoms with van der Waals surface area (Å²) in [6, 6.07) is 6.19. The number of hydrogen-bond acceptors (Lipinski definition) is 9. The number of piperazine rings is 1. The maximum Gasteiger partial charge on any atom is 0.419 e. The number of aromatic nitrogens is 2. The average Bonchev–Trinajstić information content (AvgIpc) is 3.67. The number of likely N-dealkylation sites (N-methyl/N-ethyl adjacent to an activating group) is 1. The van der Waals surface area contributed by atoms with E-state index in [1.807, 2.05) is 11.9 Å². The number of carbonyl (C=O) groups is 1. The van der Waals surface area contributed by atoms with Crippen LogP contribution in [-0.2, 0) is 23.9 Å². The van der Waals surface area contributed by atoms with Gasteiger partial charge in [-0.25, -0.2) is 8.78 Å². The van der Waals surface area contributed by atoms with Gasteiger partial charge < -0.3 is 24.3 Å². The number of fused-ring (bicyclic) bond motifs is 1. The van der Waals surface area contributed by atoms with Gasteiger partial charge in [-0.15, -0.1) is 0 Å². The van der Waals surface area contributed by atoms with Crippen molar-refractivity contribution >= 4 is 29.0 Å². The number of rotatable bonds is 10. The molecule has 0 N–H and O–H groups in total. The largest absolute Gasteiger partial charge is 0.462 e. The van der Waals surface area contributed by atoms with Crippen LogP contribution in [0.4, 0.5) is 33.5 Å². The van der Waals surface area contributed by atoms with Crippen molar-refractivity contribution in [3.05, 3.63) is 52.2 Å². The van der Waals surface area contributed by atoms with Crippen molar-refractivity contribution in [2.24, 2.45) is 0 Å². The smallest absolute Gasteiger partial charge is 0.419 e. The molecule has 10 nitrogen and oxygen atoms in total. The summed E-state index contributed by atoms with van der Waals surface area (Å²) in [6.07, 6.45) is 1.23. The van der Waals surface area contributed by atoms with E-state index < -0.39 is 23.7 Å². The molecule has 0 radical (unpaired) electrons. The Bertz CT molecular complexity index is 1650. The first-order valence-electron chi connectivity index (χ1n) is 17.4. The molecule has 16 heteroatoms. The lowest BCUT2D eigenvalue weighted by Crippen LogP contribution is -2.55. The van der Waals surface area contributed by atoms with E-state index in [9.17, 15) is 32.0 Å². The van der Waals surface area contributed by atoms with E-state index in [1.165, 1.54) is 24.3 Å². The second-order valence-electron chi connectivity index (χ2n) is 13.7. The van der Waals surface area contributed by atoms with Crippen LogP contribution in [0.2, 0.25) is 5.02 Å². The maximum atomic E-state index is 14.1. The predicted molar refractivity (Wildman–Crippen MR) is 182 cm³/mol. The highest BCUT2D eigenvalue weighted by molar-refractivity contribution is 6.31. The van der Waals surface area contributed by atoms with Crippen molar-refractivity contribution in [3.63, 3.8) is 0 Å². The molecule has 0 unspecified atom stereocenters. The zero-order valence-corrected chi connectivity index (χ0v) is 29.3. The molecular formula is C35H42ClF5N8O2. The average molecular weight is 737 g/mol. The summed E-state index contributed by atoms with van der Waals surface area (Å²) in [6.45, 7) is 3.15. The van der Waals surface area contributed by atoms with Gasteiger partial charge in [-0.05, 0) is 57.5 Å². The molecule has 2 atom stereocenters. The van der Waals surface area contributed by atoms with Crippen LogP contribution in [-0.4, -0.2) is 115 Å². The molecule has 4 aliphatic rings. The highest BCUT2D eigenvalue weighted by Gasteiger charge is 2.40. The van der Waals surface area contributed by atoms with Gasteiger partial charge in [0.1, 0.15) is 12.4 Å². The molecule has 4 aliphatic heterocycles. The minimum absolute atomic E-state index is 0.0245. The van der Waals surface area contributed by atoms with E-state index in [4.69, 9.17) is 26.3 Å². The number of amides is 1. The zero-order chi connectivity index (χ0) is 36.3. The molecule has 51 heavy (non-hydrogen) atoms. The normalized spacial score (nSPS) is 22.8. The first kappa shape index (κ1) is 37.0. The third-order valence-electron chi connectivity index (χ3n) is 10.2. The lowest BCUT2D eigenvalue weighted by Gasteiger charge is -2.42. The first-order chi connectivity index (χ1) is 24.3. The first-order valence-corrected chi connectivity index (χ1v) is 17.7. The number of anilines is 2. The van der Waals surface area contributed by atoms with Crippen LogP contribution >= 0.6 is 11.6 Å². The van der Waals surface area contributed by atoms with E-state index in [2.05, 4.69) is 11.0 Å². The Balaban J connectivity index is 1.21. The van der Waals surface area contributed by atoms with Gasteiger partial charge in [-0.1, -0.05) is 23.7 Å². The molecule has 1 aromatic heterocycles. The Morgan fingerprint density at radius 1 is 1.14 bits per heavy atom. The number of likely N-dealkylation sites (tertiary alicyclic amines) is 2. The second-order valence-corrected chi connectivity index (χ2v) is 14.1. The van der Waals surface area contributed by atoms with Crippen LogP contribution in [0.1, 0.15) is 48.9 Å². The number of carbonyl (C=O) groups excluding carboxylic acids is 1. The highest BCUT2D eigenvalue weighted by Crippen LogP contribution is 2.43. The van der Waals surface area contributed by atoms with Crippen molar-refractivity contribution in [2.45, 2.75) is 69.3 Å². The van der Waals surface area contributed by atoms with Gasteiger partial charge in [0.2, 0.25) is 5.91 Å². The van der Waals surface area contributed by atoms with Crippen molar-refractivity contribution in [2.75, 3.05) is 75.8 Å². The van der Waals surface area contributed by atoms with Gasteiger partial charge in [0.05, 0.1) is 53.6 Å². The summed E-state index contributed by atoms with van der Waals surface area (Å²) in [5.74, 6) is -2.34. The van der Waals surface area contributed by atoms with Gasteiger partial charge >= 0.3 is 12.2 Å². The SMILES string of the molecule is CN1CCC[C@H]1COc1nc2c(c(N3CCN(C(=O)/C=C/CCN4CCC(F)(F)C4)[C@@H](CC#N)C3)n1)CCN(c1cccc(Cl)c1C(F)(F)F)C2. The van der Waals surface area contributed by atoms with Crippen LogP contribution in [0.5, 0.6) is 6.01 Å². The molecule has 3 saturated heterocycles. The minimum atomic E-state index is -4.65. The fourth-order valence-corrected chi connectivity index (χ4v) is 7.77. The molecule has 0 saturated carbocycles. The van der Waals surface area contributed by atoms with E-state index >= 15 is 0 Å². The molecule has 1 amide bonds. The lowest BCUT2D eigenvalue weighted by atomic mass is 10.0. The number of hydrogen-bond donors (Lipinski definition) is 0. The highest BCUT2D eigenvalue weighted by atomic mass is 35.5. The van der Waals surface area contributed by atoms with Crippen molar-refractivity contribution in [3.8, 4) is 12.1 Å². The summed E-state index contributed by atoms with van der Waals surface area (Å²) in [5.41, 5.74) is 0.415. The summed E-state index contributed by atoms with van der Waals surface area (Å²) in [4.78, 5) is 32.0. The molecule has 0 aliphatic carbocycles. The molecule has 6 rings (SSSR count). The van der Waals surface area contributed by atoms with E-state index in [0.29, 0.717) is 63.7 Å². The maximum absolute atomic E-state index is 14.1. The lowest BCUT2D eigenvalue weighted by molar-refractivity contribution is -0.137. The number of ether oxygens (including phenoxy) is 1. The molecule has 0 spiro atoms. The van der Waals surface area contributed by atoms with Crippen LogP contribution in [0.3, 0.4) is 0 Å². The molecule has 1 aromatic carbocycles. The Labute approximate surface area is 299 Å². The monoisotopic (exact) mass is 736 g/mol. The Morgan fingerprint density at radius 3 is 2.67 bits per heavy atom. The molecule has 0 bridgehead atoms.